The molecule has 0 aliphatic heterocycles. The fourth-order valence-electron chi connectivity index (χ4n) is 1.25. The molecule has 8 heteroatoms. The lowest BCUT2D eigenvalue weighted by atomic mass is 10.2. The first-order chi connectivity index (χ1) is 8.86. The summed E-state index contributed by atoms with van der Waals surface area (Å²) in [6.45, 7) is 0. The average molecular weight is 307 g/mol. The van der Waals surface area contributed by atoms with Gasteiger partial charge in [0.1, 0.15) is 0 Å². The molecule has 19 heavy (non-hydrogen) atoms. The number of anilines is 1. The van der Waals surface area contributed by atoms with E-state index in [9.17, 15) is 18.0 Å². The summed E-state index contributed by atoms with van der Waals surface area (Å²) in [6, 6.07) is 6.66. The van der Waals surface area contributed by atoms with E-state index in [4.69, 9.17) is 11.6 Å². The van der Waals surface area contributed by atoms with Crippen molar-refractivity contribution in [3.63, 3.8) is 0 Å². The molecule has 100 valence electrons. The van der Waals surface area contributed by atoms with Crippen LogP contribution in [0.3, 0.4) is 0 Å². The molecule has 3 nitrogen and oxygen atoms in total. The van der Waals surface area contributed by atoms with Crippen LogP contribution in [-0.4, -0.2) is 17.1 Å². The van der Waals surface area contributed by atoms with Gasteiger partial charge in [0, 0.05) is 16.0 Å². The fraction of sp³-hybridized carbons (Fsp3) is 0.0909. The Kier molecular flexibility index (Phi) is 3.77. The Morgan fingerprint density at radius 3 is 2.47 bits per heavy atom. The van der Waals surface area contributed by atoms with Crippen LogP contribution in [0, 0.1) is 0 Å². The number of alkyl halides is 3. The summed E-state index contributed by atoms with van der Waals surface area (Å²) >= 11 is 6.64. The van der Waals surface area contributed by atoms with Crippen LogP contribution in [0.4, 0.5) is 18.3 Å². The quantitative estimate of drug-likeness (QED) is 0.912. The highest BCUT2D eigenvalue weighted by Gasteiger charge is 2.39. The van der Waals surface area contributed by atoms with Crippen LogP contribution in [-0.2, 0) is 4.79 Å². The van der Waals surface area contributed by atoms with Crippen molar-refractivity contribution in [1.29, 1.82) is 0 Å². The third-order valence-corrected chi connectivity index (χ3v) is 3.13. The van der Waals surface area contributed by atoms with E-state index in [0.717, 1.165) is 11.3 Å². The molecule has 1 aromatic carbocycles. The number of carbonyl (C=O) groups excluding carboxylic acids is 1. The monoisotopic (exact) mass is 306 g/mol. The Hall–Kier alpha value is -1.60. The van der Waals surface area contributed by atoms with Gasteiger partial charge >= 0.3 is 12.1 Å². The number of rotatable bonds is 2. The highest BCUT2D eigenvalue weighted by Crippen LogP contribution is 2.27. The van der Waals surface area contributed by atoms with E-state index < -0.39 is 12.1 Å². The van der Waals surface area contributed by atoms with Gasteiger partial charge in [0.05, 0.1) is 5.69 Å². The van der Waals surface area contributed by atoms with Gasteiger partial charge in [0.2, 0.25) is 0 Å². The molecular formula is C11H6ClF3N2OS. The summed E-state index contributed by atoms with van der Waals surface area (Å²) in [5, 5.41) is 3.69. The van der Waals surface area contributed by atoms with Crippen molar-refractivity contribution in [2.24, 2.45) is 0 Å². The first kappa shape index (κ1) is 13.8. The first-order valence-electron chi connectivity index (χ1n) is 4.96. The lowest BCUT2D eigenvalue weighted by Gasteiger charge is -2.04. The maximum atomic E-state index is 12.1. The molecule has 1 aromatic heterocycles. The van der Waals surface area contributed by atoms with Gasteiger partial charge in [0.25, 0.3) is 0 Å². The smallest absolute Gasteiger partial charge is 0.294 e. The molecule has 1 heterocycles. The van der Waals surface area contributed by atoms with Gasteiger partial charge in [-0.05, 0) is 12.1 Å². The third kappa shape index (κ3) is 3.45. The van der Waals surface area contributed by atoms with Gasteiger partial charge in [-0.3, -0.25) is 10.1 Å². The maximum absolute atomic E-state index is 12.1. The van der Waals surface area contributed by atoms with Gasteiger partial charge in [-0.25, -0.2) is 4.98 Å². The van der Waals surface area contributed by atoms with E-state index in [-0.39, 0.29) is 5.13 Å². The molecule has 0 fully saturated rings. The zero-order chi connectivity index (χ0) is 14.0. The molecule has 2 aromatic rings. The summed E-state index contributed by atoms with van der Waals surface area (Å²) in [4.78, 5) is 14.6. The molecule has 0 saturated heterocycles. The number of hydrogen-bond donors (Lipinski definition) is 1. The van der Waals surface area contributed by atoms with Gasteiger partial charge in [-0.2, -0.15) is 13.2 Å². The van der Waals surface area contributed by atoms with Crippen LogP contribution in [0.2, 0.25) is 5.02 Å². The van der Waals surface area contributed by atoms with E-state index >= 15 is 0 Å². The number of thiazole rings is 1. The number of amides is 1. The summed E-state index contributed by atoms with van der Waals surface area (Å²) in [5.74, 6) is -2.04. The molecule has 0 bridgehead atoms. The number of hydrogen-bond acceptors (Lipinski definition) is 3. The molecular weight excluding hydrogens is 301 g/mol. The zero-order valence-corrected chi connectivity index (χ0v) is 10.7. The molecule has 1 N–H and O–H groups in total. The van der Waals surface area contributed by atoms with E-state index in [1.165, 1.54) is 0 Å². The predicted octanol–water partition coefficient (Wildman–Crippen LogP) is 3.96. The Morgan fingerprint density at radius 2 is 1.89 bits per heavy atom. The topological polar surface area (TPSA) is 42.0 Å². The summed E-state index contributed by atoms with van der Waals surface area (Å²) in [5.41, 5.74) is 1.17. The van der Waals surface area contributed by atoms with Crippen LogP contribution in [0.5, 0.6) is 0 Å². The van der Waals surface area contributed by atoms with Crippen molar-refractivity contribution in [2.75, 3.05) is 5.32 Å². The standard InChI is InChI=1S/C11H6ClF3N2OS/c12-7-3-1-6(2-4-7)8-5-19-10(16-8)17-9(18)11(13,14)15/h1-5H,(H,16,17,18). The highest BCUT2D eigenvalue weighted by molar-refractivity contribution is 7.14. The molecule has 0 spiro atoms. The Balaban J connectivity index is 2.16. The summed E-state index contributed by atoms with van der Waals surface area (Å²) < 4.78 is 36.2. The van der Waals surface area contributed by atoms with Gasteiger partial charge < -0.3 is 0 Å². The normalized spacial score (nSPS) is 11.4. The minimum Gasteiger partial charge on any atom is -0.294 e. The Morgan fingerprint density at radius 1 is 1.26 bits per heavy atom. The van der Waals surface area contributed by atoms with Gasteiger partial charge in [0.15, 0.2) is 5.13 Å². The van der Waals surface area contributed by atoms with E-state index in [0.29, 0.717) is 16.3 Å². The Labute approximate surface area is 115 Å². The second-order valence-electron chi connectivity index (χ2n) is 3.50. The highest BCUT2D eigenvalue weighted by atomic mass is 35.5. The van der Waals surface area contributed by atoms with Crippen molar-refractivity contribution in [1.82, 2.24) is 4.98 Å². The second-order valence-corrected chi connectivity index (χ2v) is 4.79. The fourth-order valence-corrected chi connectivity index (χ4v) is 2.09. The van der Waals surface area contributed by atoms with Gasteiger partial charge in [-0.15, -0.1) is 11.3 Å². The number of nitrogens with one attached hydrogen (secondary N) is 1. The molecule has 0 saturated carbocycles. The lowest BCUT2D eigenvalue weighted by molar-refractivity contribution is -0.167. The van der Waals surface area contributed by atoms with Crippen LogP contribution < -0.4 is 5.32 Å². The minimum atomic E-state index is -4.92. The number of benzene rings is 1. The van der Waals surface area contributed by atoms with Crippen molar-refractivity contribution in [2.45, 2.75) is 6.18 Å². The zero-order valence-electron chi connectivity index (χ0n) is 9.16. The van der Waals surface area contributed by atoms with Crippen LogP contribution in [0.15, 0.2) is 29.6 Å². The molecule has 0 unspecified atom stereocenters. The molecule has 0 atom stereocenters. The SMILES string of the molecule is O=C(Nc1nc(-c2ccc(Cl)cc2)cs1)C(F)(F)F. The van der Waals surface area contributed by atoms with E-state index in [1.807, 2.05) is 0 Å². The number of halogens is 4. The molecule has 0 aliphatic rings. The van der Waals surface area contributed by atoms with E-state index in [1.54, 1.807) is 35.0 Å². The molecule has 0 radical (unpaired) electrons. The predicted molar refractivity (Wildman–Crippen MR) is 67.2 cm³/mol. The lowest BCUT2D eigenvalue weighted by Crippen LogP contribution is -2.29. The van der Waals surface area contributed by atoms with Crippen LogP contribution >= 0.6 is 22.9 Å². The number of aromatic nitrogens is 1. The van der Waals surface area contributed by atoms with Gasteiger partial charge in [-0.1, -0.05) is 23.7 Å². The number of carbonyl (C=O) groups is 1. The summed E-state index contributed by atoms with van der Waals surface area (Å²) in [7, 11) is 0. The largest absolute Gasteiger partial charge is 0.471 e. The van der Waals surface area contributed by atoms with Crippen molar-refractivity contribution in [3.8, 4) is 11.3 Å². The van der Waals surface area contributed by atoms with Crippen molar-refractivity contribution >= 4 is 34.0 Å². The maximum Gasteiger partial charge on any atom is 0.471 e. The Bertz CT molecular complexity index is 595. The summed E-state index contributed by atoms with van der Waals surface area (Å²) in [6.07, 6.45) is -4.92. The van der Waals surface area contributed by atoms with Crippen LogP contribution in [0.1, 0.15) is 0 Å². The third-order valence-electron chi connectivity index (χ3n) is 2.12. The average Bonchev–Trinajstić information content (AvgIpc) is 2.77. The second kappa shape index (κ2) is 5.18. The minimum absolute atomic E-state index is 0.104. The molecule has 1 amide bonds. The first-order valence-corrected chi connectivity index (χ1v) is 6.21. The molecule has 2 rings (SSSR count). The number of nitrogens with zero attached hydrogens (tertiary/aromatic N) is 1. The van der Waals surface area contributed by atoms with Crippen molar-refractivity contribution in [3.05, 3.63) is 34.7 Å². The van der Waals surface area contributed by atoms with Crippen molar-refractivity contribution < 1.29 is 18.0 Å². The molecule has 0 aliphatic carbocycles. The van der Waals surface area contributed by atoms with E-state index in [2.05, 4.69) is 4.98 Å². The van der Waals surface area contributed by atoms with Crippen LogP contribution in [0.25, 0.3) is 11.3 Å².